The number of benzene rings is 2. The number of fused-ring (bicyclic) bond motifs is 2. The van der Waals surface area contributed by atoms with Gasteiger partial charge in [-0.25, -0.2) is 9.97 Å². The first kappa shape index (κ1) is 24.2. The zero-order chi connectivity index (χ0) is 25.6. The molecule has 1 atom stereocenters. The number of nitrogens with two attached hydrogens (primary N) is 1. The van der Waals surface area contributed by atoms with Crippen molar-refractivity contribution in [3.8, 4) is 11.3 Å². The van der Waals surface area contributed by atoms with Gasteiger partial charge in [0.15, 0.2) is 0 Å². The van der Waals surface area contributed by atoms with E-state index in [0.717, 1.165) is 48.4 Å². The fourth-order valence-corrected chi connectivity index (χ4v) is 4.60. The Bertz CT molecular complexity index is 1500. The predicted octanol–water partition coefficient (Wildman–Crippen LogP) is 4.83. The average molecular weight is 495 g/mol. The molecular formula is C29H30N6O2. The average Bonchev–Trinajstić information content (AvgIpc) is 3.57. The van der Waals surface area contributed by atoms with Crippen molar-refractivity contribution < 1.29 is 9.59 Å². The molecule has 5 rings (SSSR count). The first-order valence-electron chi connectivity index (χ1n) is 12.6. The van der Waals surface area contributed by atoms with Gasteiger partial charge in [0.1, 0.15) is 17.2 Å². The van der Waals surface area contributed by atoms with E-state index in [1.165, 1.54) is 10.8 Å². The van der Waals surface area contributed by atoms with E-state index in [1.807, 2.05) is 47.1 Å². The lowest BCUT2D eigenvalue weighted by Crippen LogP contribution is -2.29. The quantitative estimate of drug-likeness (QED) is 0.228. The SMILES string of the molecule is NC(=O)CCCCCC(CNC(=O)c1cn2ccccc2n1)c1ncc(-c2ccc3ccccc3c2)[nH]1. The molecule has 3 heterocycles. The Kier molecular flexibility index (Phi) is 7.26. The van der Waals surface area contributed by atoms with E-state index in [-0.39, 0.29) is 17.7 Å². The fourth-order valence-electron chi connectivity index (χ4n) is 4.60. The van der Waals surface area contributed by atoms with Crippen molar-refractivity contribution in [3.05, 3.63) is 90.8 Å². The van der Waals surface area contributed by atoms with Gasteiger partial charge < -0.3 is 20.4 Å². The van der Waals surface area contributed by atoms with Crippen LogP contribution in [0.1, 0.15) is 54.3 Å². The summed E-state index contributed by atoms with van der Waals surface area (Å²) in [6.45, 7) is 0.424. The van der Waals surface area contributed by atoms with Crippen molar-refractivity contribution in [1.29, 1.82) is 0 Å². The van der Waals surface area contributed by atoms with E-state index in [9.17, 15) is 9.59 Å². The maximum atomic E-state index is 12.9. The van der Waals surface area contributed by atoms with Crippen LogP contribution in [-0.2, 0) is 4.79 Å². The van der Waals surface area contributed by atoms with Crippen LogP contribution >= 0.6 is 0 Å². The number of hydrogen-bond acceptors (Lipinski definition) is 4. The Morgan fingerprint density at radius 2 is 1.84 bits per heavy atom. The van der Waals surface area contributed by atoms with E-state index in [1.54, 1.807) is 6.20 Å². The maximum Gasteiger partial charge on any atom is 0.271 e. The number of pyridine rings is 1. The van der Waals surface area contributed by atoms with Gasteiger partial charge >= 0.3 is 0 Å². The largest absolute Gasteiger partial charge is 0.370 e. The molecule has 0 fully saturated rings. The zero-order valence-corrected chi connectivity index (χ0v) is 20.6. The lowest BCUT2D eigenvalue weighted by Gasteiger charge is -2.15. The Hall–Kier alpha value is -4.46. The molecule has 0 saturated heterocycles. The number of nitrogens with zero attached hydrogens (tertiary/aromatic N) is 3. The van der Waals surface area contributed by atoms with Crippen molar-refractivity contribution in [2.45, 2.75) is 38.0 Å². The second-order valence-corrected chi connectivity index (χ2v) is 9.31. The van der Waals surface area contributed by atoms with Crippen LogP contribution in [0.5, 0.6) is 0 Å². The molecular weight excluding hydrogens is 464 g/mol. The highest BCUT2D eigenvalue weighted by molar-refractivity contribution is 5.93. The molecule has 8 nitrogen and oxygen atoms in total. The number of imidazole rings is 2. The number of H-pyrrole nitrogens is 1. The summed E-state index contributed by atoms with van der Waals surface area (Å²) >= 11 is 0. The smallest absolute Gasteiger partial charge is 0.271 e. The van der Waals surface area contributed by atoms with Crippen molar-refractivity contribution >= 4 is 28.2 Å². The first-order valence-corrected chi connectivity index (χ1v) is 12.6. The number of primary amides is 1. The fraction of sp³-hybridized carbons (Fsp3) is 0.241. The summed E-state index contributed by atoms with van der Waals surface area (Å²) in [5.74, 6) is 0.322. The molecule has 0 bridgehead atoms. The van der Waals surface area contributed by atoms with Gasteiger partial charge in [-0.05, 0) is 41.8 Å². The molecule has 8 heteroatoms. The molecule has 0 aliphatic rings. The monoisotopic (exact) mass is 494 g/mol. The summed E-state index contributed by atoms with van der Waals surface area (Å²) in [5.41, 5.74) is 8.38. The number of nitrogens with one attached hydrogen (secondary N) is 2. The normalized spacial score (nSPS) is 12.1. The Morgan fingerprint density at radius 3 is 2.68 bits per heavy atom. The van der Waals surface area contributed by atoms with E-state index in [2.05, 4.69) is 50.6 Å². The summed E-state index contributed by atoms with van der Waals surface area (Å²) in [4.78, 5) is 36.5. The lowest BCUT2D eigenvalue weighted by molar-refractivity contribution is -0.118. The minimum Gasteiger partial charge on any atom is -0.370 e. The van der Waals surface area contributed by atoms with Crippen LogP contribution in [0.3, 0.4) is 0 Å². The third-order valence-electron chi connectivity index (χ3n) is 6.62. The van der Waals surface area contributed by atoms with Crippen LogP contribution in [-0.4, -0.2) is 37.7 Å². The topological polar surface area (TPSA) is 118 Å². The molecule has 37 heavy (non-hydrogen) atoms. The van der Waals surface area contributed by atoms with Gasteiger partial charge in [0.05, 0.1) is 11.9 Å². The molecule has 0 aliphatic heterocycles. The summed E-state index contributed by atoms with van der Waals surface area (Å²) < 4.78 is 1.83. The van der Waals surface area contributed by atoms with Gasteiger partial charge in [-0.15, -0.1) is 0 Å². The molecule has 3 aromatic heterocycles. The molecule has 0 radical (unpaired) electrons. The number of aromatic nitrogens is 4. The summed E-state index contributed by atoms with van der Waals surface area (Å²) in [5, 5.41) is 5.40. The van der Waals surface area contributed by atoms with Gasteiger partial charge in [0.25, 0.3) is 5.91 Å². The molecule has 1 unspecified atom stereocenters. The lowest BCUT2D eigenvalue weighted by atomic mass is 9.99. The van der Waals surface area contributed by atoms with E-state index >= 15 is 0 Å². The number of hydrogen-bond donors (Lipinski definition) is 3. The van der Waals surface area contributed by atoms with Crippen molar-refractivity contribution in [2.24, 2.45) is 5.73 Å². The minimum absolute atomic E-state index is 0.0104. The minimum atomic E-state index is -0.276. The molecule has 2 aromatic carbocycles. The number of amides is 2. The third kappa shape index (κ3) is 5.86. The molecule has 4 N–H and O–H groups in total. The van der Waals surface area contributed by atoms with Crippen LogP contribution in [0.2, 0.25) is 0 Å². The van der Waals surface area contributed by atoms with Crippen LogP contribution in [0.4, 0.5) is 0 Å². The molecule has 188 valence electrons. The Morgan fingerprint density at radius 1 is 1.00 bits per heavy atom. The van der Waals surface area contributed by atoms with Gasteiger partial charge in [-0.2, -0.15) is 0 Å². The molecule has 2 amide bonds. The van der Waals surface area contributed by atoms with Gasteiger partial charge in [0, 0.05) is 36.8 Å². The van der Waals surface area contributed by atoms with Crippen LogP contribution in [0.15, 0.2) is 79.3 Å². The van der Waals surface area contributed by atoms with Crippen LogP contribution in [0.25, 0.3) is 27.7 Å². The van der Waals surface area contributed by atoms with E-state index in [0.29, 0.717) is 18.7 Å². The second-order valence-electron chi connectivity index (χ2n) is 9.31. The highest BCUT2D eigenvalue weighted by Crippen LogP contribution is 2.26. The molecule has 5 aromatic rings. The predicted molar refractivity (Wildman–Crippen MR) is 144 cm³/mol. The number of carbonyl (C=O) groups is 2. The van der Waals surface area contributed by atoms with Crippen LogP contribution in [0, 0.1) is 0 Å². The Labute approximate surface area is 214 Å². The highest BCUT2D eigenvalue weighted by Gasteiger charge is 2.19. The maximum absolute atomic E-state index is 12.9. The van der Waals surface area contributed by atoms with E-state index < -0.39 is 0 Å². The standard InChI is InChI=1S/C29H30N6O2/c30-26(36)11-3-1-2-10-23(17-32-29(37)25-19-35-15-7-6-12-27(35)33-25)28-31-18-24(34-28)22-14-13-20-8-4-5-9-21(20)16-22/h4-9,12-16,18-19,23H,1-3,10-11,17H2,(H2,30,36)(H,31,34)(H,32,37). The van der Waals surface area contributed by atoms with E-state index in [4.69, 9.17) is 5.73 Å². The Balaban J connectivity index is 1.30. The van der Waals surface area contributed by atoms with Crippen molar-refractivity contribution in [1.82, 2.24) is 24.7 Å². The number of aromatic amines is 1. The van der Waals surface area contributed by atoms with Crippen LogP contribution < -0.4 is 11.1 Å². The van der Waals surface area contributed by atoms with Gasteiger partial charge in [-0.3, -0.25) is 9.59 Å². The van der Waals surface area contributed by atoms with Crippen molar-refractivity contribution in [3.63, 3.8) is 0 Å². The third-order valence-corrected chi connectivity index (χ3v) is 6.62. The molecule has 0 saturated carbocycles. The van der Waals surface area contributed by atoms with Gasteiger partial charge in [0.2, 0.25) is 5.91 Å². The zero-order valence-electron chi connectivity index (χ0n) is 20.6. The number of rotatable bonds is 11. The summed E-state index contributed by atoms with van der Waals surface area (Å²) in [7, 11) is 0. The summed E-state index contributed by atoms with van der Waals surface area (Å²) in [6, 6.07) is 20.3. The first-order chi connectivity index (χ1) is 18.1. The van der Waals surface area contributed by atoms with Gasteiger partial charge in [-0.1, -0.05) is 55.3 Å². The number of unbranched alkanes of at least 4 members (excludes halogenated alkanes) is 2. The number of carbonyl (C=O) groups excluding carboxylic acids is 2. The summed E-state index contributed by atoms with van der Waals surface area (Å²) in [6.07, 6.45) is 9.20. The van der Waals surface area contributed by atoms with Crippen molar-refractivity contribution in [2.75, 3.05) is 6.54 Å². The highest BCUT2D eigenvalue weighted by atomic mass is 16.2. The molecule has 0 spiro atoms. The molecule has 0 aliphatic carbocycles. The second kappa shape index (κ2) is 11.1.